The molecule has 0 aliphatic carbocycles. The molecular weight excluding hydrogens is 352 g/mol. The first-order valence-corrected chi connectivity index (χ1v) is 8.81. The van der Waals surface area contributed by atoms with Crippen LogP contribution in [-0.2, 0) is 0 Å². The van der Waals surface area contributed by atoms with E-state index < -0.39 is 0 Å². The Morgan fingerprint density at radius 1 is 1.11 bits per heavy atom. The second kappa shape index (κ2) is 7.08. The summed E-state index contributed by atoms with van der Waals surface area (Å²) < 4.78 is 5.44. The number of hydrogen-bond acceptors (Lipinski definition) is 7. The van der Waals surface area contributed by atoms with Crippen molar-refractivity contribution >= 4 is 16.7 Å². The summed E-state index contributed by atoms with van der Waals surface area (Å²) in [7, 11) is 0. The maximum absolute atomic E-state index is 5.97. The van der Waals surface area contributed by atoms with Crippen molar-refractivity contribution in [2.45, 2.75) is 26.7 Å². The number of pyridine rings is 1. The van der Waals surface area contributed by atoms with E-state index in [1.807, 2.05) is 38.1 Å². The first-order chi connectivity index (χ1) is 13.5. The SMILES string of the molecule is Cc1nnc([C@@H](C)C#Cc2ccc(C)c(-c3ncc4ccnc(N)c4n3)c2)o1. The standard InChI is InChI=1S/C21H18N6O/c1-12-4-6-15(7-5-13(2)21-27-26-14(3)28-21)10-17(12)20-24-11-16-8-9-23-19(22)18(16)25-20/h4,6,8-11,13H,1-3H3,(H2,22,23)/t13-/m0/s1. The molecule has 0 bridgehead atoms. The molecule has 3 heterocycles. The van der Waals surface area contributed by atoms with Crippen LogP contribution in [0.25, 0.3) is 22.3 Å². The van der Waals surface area contributed by atoms with Crippen molar-refractivity contribution in [2.75, 3.05) is 5.73 Å². The van der Waals surface area contributed by atoms with Gasteiger partial charge in [0.2, 0.25) is 11.8 Å². The quantitative estimate of drug-likeness (QED) is 0.539. The molecule has 138 valence electrons. The number of rotatable bonds is 2. The minimum Gasteiger partial charge on any atom is -0.424 e. The van der Waals surface area contributed by atoms with Gasteiger partial charge in [-0.25, -0.2) is 15.0 Å². The van der Waals surface area contributed by atoms with E-state index in [0.717, 1.165) is 22.1 Å². The van der Waals surface area contributed by atoms with Crippen LogP contribution in [0.2, 0.25) is 0 Å². The van der Waals surface area contributed by atoms with Crippen LogP contribution in [0, 0.1) is 25.7 Å². The number of hydrogen-bond donors (Lipinski definition) is 1. The largest absolute Gasteiger partial charge is 0.424 e. The van der Waals surface area contributed by atoms with Crippen LogP contribution >= 0.6 is 0 Å². The number of nitrogens with two attached hydrogens (primary N) is 1. The molecule has 1 atom stereocenters. The summed E-state index contributed by atoms with van der Waals surface area (Å²) in [6, 6.07) is 7.78. The number of anilines is 1. The second-order valence-corrected chi connectivity index (χ2v) is 6.51. The summed E-state index contributed by atoms with van der Waals surface area (Å²) in [4.78, 5) is 13.2. The van der Waals surface area contributed by atoms with Crippen LogP contribution in [0.5, 0.6) is 0 Å². The Hall–Kier alpha value is -3.79. The predicted octanol–water partition coefficient (Wildman–Crippen LogP) is 3.43. The van der Waals surface area contributed by atoms with Gasteiger partial charge in [-0.3, -0.25) is 0 Å². The van der Waals surface area contributed by atoms with Gasteiger partial charge in [0.05, 0.1) is 5.92 Å². The second-order valence-electron chi connectivity index (χ2n) is 6.51. The molecule has 4 rings (SSSR count). The van der Waals surface area contributed by atoms with Gasteiger partial charge < -0.3 is 10.2 Å². The van der Waals surface area contributed by atoms with Crippen molar-refractivity contribution in [1.82, 2.24) is 25.1 Å². The van der Waals surface area contributed by atoms with Crippen molar-refractivity contribution < 1.29 is 4.42 Å². The van der Waals surface area contributed by atoms with Crippen molar-refractivity contribution in [3.8, 4) is 23.2 Å². The van der Waals surface area contributed by atoms with E-state index in [9.17, 15) is 0 Å². The first kappa shape index (κ1) is 17.6. The molecule has 7 nitrogen and oxygen atoms in total. The fraction of sp³-hybridized carbons (Fsp3) is 0.190. The zero-order chi connectivity index (χ0) is 19.7. The minimum absolute atomic E-state index is 0.159. The van der Waals surface area contributed by atoms with Crippen molar-refractivity contribution in [1.29, 1.82) is 0 Å². The van der Waals surface area contributed by atoms with Gasteiger partial charge in [-0.15, -0.1) is 10.2 Å². The molecule has 0 saturated carbocycles. The third-order valence-electron chi connectivity index (χ3n) is 4.35. The fourth-order valence-corrected chi connectivity index (χ4v) is 2.79. The smallest absolute Gasteiger partial charge is 0.231 e. The third-order valence-corrected chi connectivity index (χ3v) is 4.35. The van der Waals surface area contributed by atoms with Crippen molar-refractivity contribution in [3.63, 3.8) is 0 Å². The topological polar surface area (TPSA) is 104 Å². The number of nitrogens with zero attached hydrogens (tertiary/aromatic N) is 5. The van der Waals surface area contributed by atoms with Crippen LogP contribution in [0.3, 0.4) is 0 Å². The molecule has 0 unspecified atom stereocenters. The highest BCUT2D eigenvalue weighted by atomic mass is 16.4. The molecule has 2 N–H and O–H groups in total. The highest BCUT2D eigenvalue weighted by Gasteiger charge is 2.11. The molecule has 0 aliphatic heterocycles. The molecule has 0 spiro atoms. The molecule has 0 amide bonds. The minimum atomic E-state index is -0.159. The van der Waals surface area contributed by atoms with Gasteiger partial charge in [0.25, 0.3) is 0 Å². The molecule has 28 heavy (non-hydrogen) atoms. The summed E-state index contributed by atoms with van der Waals surface area (Å²) in [6.07, 6.45) is 3.40. The lowest BCUT2D eigenvalue weighted by Gasteiger charge is -2.07. The summed E-state index contributed by atoms with van der Waals surface area (Å²) >= 11 is 0. The van der Waals surface area contributed by atoms with E-state index in [2.05, 4.69) is 37.0 Å². The van der Waals surface area contributed by atoms with Gasteiger partial charge in [-0.05, 0) is 37.6 Å². The van der Waals surface area contributed by atoms with Crippen LogP contribution in [0.1, 0.15) is 35.7 Å². The molecule has 7 heteroatoms. The van der Waals surface area contributed by atoms with E-state index in [1.54, 1.807) is 19.3 Å². The van der Waals surface area contributed by atoms with Gasteiger partial charge in [-0.2, -0.15) is 0 Å². The molecule has 0 radical (unpaired) electrons. The van der Waals surface area contributed by atoms with E-state index in [1.165, 1.54) is 0 Å². The summed E-state index contributed by atoms with van der Waals surface area (Å²) in [6.45, 7) is 5.70. The average molecular weight is 370 g/mol. The molecule has 0 aliphatic rings. The van der Waals surface area contributed by atoms with E-state index in [-0.39, 0.29) is 5.92 Å². The first-order valence-electron chi connectivity index (χ1n) is 8.81. The van der Waals surface area contributed by atoms with Gasteiger partial charge in [0.1, 0.15) is 11.3 Å². The zero-order valence-corrected chi connectivity index (χ0v) is 15.8. The summed E-state index contributed by atoms with van der Waals surface area (Å²) in [5, 5.41) is 8.72. The molecular formula is C21H18N6O. The lowest BCUT2D eigenvalue weighted by molar-refractivity contribution is 0.462. The van der Waals surface area contributed by atoms with Crippen LogP contribution < -0.4 is 5.73 Å². The highest BCUT2D eigenvalue weighted by Crippen LogP contribution is 2.24. The maximum Gasteiger partial charge on any atom is 0.231 e. The van der Waals surface area contributed by atoms with Gasteiger partial charge in [-0.1, -0.05) is 17.9 Å². The normalized spacial score (nSPS) is 11.8. The van der Waals surface area contributed by atoms with Crippen molar-refractivity contribution in [2.24, 2.45) is 0 Å². The van der Waals surface area contributed by atoms with Gasteiger partial charge >= 0.3 is 0 Å². The van der Waals surface area contributed by atoms with E-state index in [0.29, 0.717) is 28.9 Å². The Labute approximate surface area is 162 Å². The zero-order valence-electron chi connectivity index (χ0n) is 15.8. The number of benzene rings is 1. The van der Waals surface area contributed by atoms with Gasteiger partial charge in [0, 0.05) is 35.8 Å². The molecule has 3 aromatic heterocycles. The monoisotopic (exact) mass is 370 g/mol. The summed E-state index contributed by atoms with van der Waals surface area (Å²) in [5.41, 5.74) is 9.41. The Bertz CT molecular complexity index is 1230. The number of aryl methyl sites for hydroxylation is 2. The molecule has 0 saturated heterocycles. The Balaban J connectivity index is 1.70. The van der Waals surface area contributed by atoms with E-state index >= 15 is 0 Å². The molecule has 1 aromatic carbocycles. The van der Waals surface area contributed by atoms with E-state index in [4.69, 9.17) is 10.2 Å². The Kier molecular flexibility index (Phi) is 4.45. The highest BCUT2D eigenvalue weighted by molar-refractivity contribution is 5.87. The lowest BCUT2D eigenvalue weighted by Crippen LogP contribution is -1.97. The fourth-order valence-electron chi connectivity index (χ4n) is 2.79. The molecule has 0 fully saturated rings. The van der Waals surface area contributed by atoms with Crippen LogP contribution in [0.15, 0.2) is 41.1 Å². The predicted molar refractivity (Wildman–Crippen MR) is 106 cm³/mol. The number of nitrogen functional groups attached to an aromatic ring is 1. The van der Waals surface area contributed by atoms with Crippen molar-refractivity contribution in [3.05, 3.63) is 59.6 Å². The number of aromatic nitrogens is 5. The average Bonchev–Trinajstić information content (AvgIpc) is 3.14. The number of fused-ring (bicyclic) bond motifs is 1. The van der Waals surface area contributed by atoms with Crippen LogP contribution in [0.4, 0.5) is 5.82 Å². The maximum atomic E-state index is 5.97. The van der Waals surface area contributed by atoms with Crippen LogP contribution in [-0.4, -0.2) is 25.1 Å². The summed E-state index contributed by atoms with van der Waals surface area (Å²) in [5.74, 6) is 8.18. The third kappa shape index (κ3) is 3.40. The Morgan fingerprint density at radius 2 is 1.96 bits per heavy atom. The Morgan fingerprint density at radius 3 is 2.75 bits per heavy atom. The lowest BCUT2D eigenvalue weighted by atomic mass is 10.0. The molecule has 4 aromatic rings. The van der Waals surface area contributed by atoms with Gasteiger partial charge in [0.15, 0.2) is 5.82 Å².